The highest BCUT2D eigenvalue weighted by Crippen LogP contribution is 2.28. The van der Waals surface area contributed by atoms with Crippen molar-refractivity contribution in [3.63, 3.8) is 0 Å². The molecule has 0 bridgehead atoms. The Balaban J connectivity index is 1.80. The number of rotatable bonds is 12. The maximum atomic E-state index is 5.83. The third-order valence-corrected chi connectivity index (χ3v) is 4.08. The lowest BCUT2D eigenvalue weighted by Gasteiger charge is -2.12. The van der Waals surface area contributed by atoms with Gasteiger partial charge in [0.15, 0.2) is 28.1 Å². The van der Waals surface area contributed by atoms with Crippen LogP contribution in [-0.4, -0.2) is 45.3 Å². The van der Waals surface area contributed by atoms with E-state index in [1.807, 2.05) is 42.5 Å². The number of hydrogen-bond acceptors (Lipinski definition) is 6. The van der Waals surface area contributed by atoms with Gasteiger partial charge in [-0.2, -0.15) is 5.10 Å². The van der Waals surface area contributed by atoms with Gasteiger partial charge < -0.3 is 24.3 Å². The molecule has 0 atom stereocenters. The van der Waals surface area contributed by atoms with Gasteiger partial charge in [-0.25, -0.2) is 0 Å². The number of para-hydroxylation sites is 2. The van der Waals surface area contributed by atoms with Crippen LogP contribution in [0.3, 0.4) is 0 Å². The lowest BCUT2D eigenvalue weighted by molar-refractivity contribution is 0.234. The minimum Gasteiger partial charge on any atom is -0.493 e. The van der Waals surface area contributed by atoms with Crippen LogP contribution in [0.4, 0.5) is 0 Å². The predicted octanol–water partition coefficient (Wildman–Crippen LogP) is 3.54. The molecule has 0 aliphatic rings. The van der Waals surface area contributed by atoms with Crippen LogP contribution in [0, 0.1) is 0 Å². The van der Waals surface area contributed by atoms with E-state index in [1.54, 1.807) is 26.5 Å². The first-order chi connectivity index (χ1) is 14.7. The van der Waals surface area contributed by atoms with Gasteiger partial charge in [-0.15, -0.1) is 6.58 Å². The van der Waals surface area contributed by atoms with E-state index in [1.165, 1.54) is 0 Å². The number of benzene rings is 2. The average Bonchev–Trinajstić information content (AvgIpc) is 2.78. The number of nitrogens with one attached hydrogen (secondary N) is 2. The van der Waals surface area contributed by atoms with Gasteiger partial charge in [0.1, 0.15) is 0 Å². The number of nitrogens with zero attached hydrogens (tertiary/aromatic N) is 1. The maximum absolute atomic E-state index is 5.83. The van der Waals surface area contributed by atoms with Crippen LogP contribution in [0.25, 0.3) is 0 Å². The summed E-state index contributed by atoms with van der Waals surface area (Å²) in [5, 5.41) is 7.44. The molecule has 0 aliphatic heterocycles. The first-order valence-corrected chi connectivity index (χ1v) is 9.83. The van der Waals surface area contributed by atoms with Crippen LogP contribution in [0.15, 0.2) is 60.2 Å². The van der Waals surface area contributed by atoms with Gasteiger partial charge in [-0.3, -0.25) is 5.43 Å². The van der Waals surface area contributed by atoms with E-state index in [9.17, 15) is 0 Å². The molecule has 0 amide bonds. The largest absolute Gasteiger partial charge is 0.493 e. The summed E-state index contributed by atoms with van der Waals surface area (Å²) in [6.45, 7) is 5.19. The van der Waals surface area contributed by atoms with Gasteiger partial charge in [0.05, 0.1) is 33.6 Å². The van der Waals surface area contributed by atoms with Crippen LogP contribution >= 0.6 is 12.2 Å². The first-order valence-electron chi connectivity index (χ1n) is 9.42. The Bertz CT molecular complexity index is 858. The van der Waals surface area contributed by atoms with Crippen molar-refractivity contribution in [3.8, 4) is 23.0 Å². The summed E-state index contributed by atoms with van der Waals surface area (Å²) < 4.78 is 22.3. The maximum Gasteiger partial charge on any atom is 0.187 e. The van der Waals surface area contributed by atoms with E-state index >= 15 is 0 Å². The van der Waals surface area contributed by atoms with E-state index in [4.69, 9.17) is 31.2 Å². The van der Waals surface area contributed by atoms with E-state index < -0.39 is 0 Å². The van der Waals surface area contributed by atoms with Gasteiger partial charge in [-0.1, -0.05) is 18.2 Å². The molecule has 0 aliphatic carbocycles. The minimum atomic E-state index is 0.424. The van der Waals surface area contributed by atoms with Crippen LogP contribution in [-0.2, 0) is 0 Å². The molecule has 0 fully saturated rings. The van der Waals surface area contributed by atoms with Crippen molar-refractivity contribution in [1.29, 1.82) is 0 Å². The molecule has 2 rings (SSSR count). The summed E-state index contributed by atoms with van der Waals surface area (Å²) in [4.78, 5) is 0. The molecule has 2 aromatic rings. The second-order valence-corrected chi connectivity index (χ2v) is 6.39. The summed E-state index contributed by atoms with van der Waals surface area (Å²) in [5.74, 6) is 2.71. The SMILES string of the molecule is C=CCNC(=S)NN=Cc1ccc(OCCCOc2ccccc2OC)c(OC)c1. The van der Waals surface area contributed by atoms with Crippen LogP contribution in [0.2, 0.25) is 0 Å². The second kappa shape index (κ2) is 13.1. The number of hydrazone groups is 1. The zero-order valence-electron chi connectivity index (χ0n) is 17.2. The van der Waals surface area contributed by atoms with Crippen molar-refractivity contribution in [2.75, 3.05) is 34.0 Å². The molecule has 0 saturated carbocycles. The monoisotopic (exact) mass is 429 g/mol. The Morgan fingerprint density at radius 3 is 2.33 bits per heavy atom. The molecular formula is C22H27N3O4S. The number of thiocarbonyl (C=S) groups is 1. The highest BCUT2D eigenvalue weighted by atomic mass is 32.1. The minimum absolute atomic E-state index is 0.424. The van der Waals surface area contributed by atoms with Gasteiger partial charge in [-0.05, 0) is 48.1 Å². The number of hydrogen-bond donors (Lipinski definition) is 2. The molecule has 0 heterocycles. The van der Waals surface area contributed by atoms with Crippen molar-refractivity contribution in [2.45, 2.75) is 6.42 Å². The van der Waals surface area contributed by atoms with Crippen molar-refractivity contribution >= 4 is 23.5 Å². The molecule has 0 unspecified atom stereocenters. The molecule has 0 saturated heterocycles. The standard InChI is InChI=1S/C22H27N3O4S/c1-4-12-23-22(30)25-24-16-17-10-11-20(21(15-17)27-3)29-14-7-13-28-19-9-6-5-8-18(19)26-2/h4-6,8-11,15-16H,1,7,12-14H2,2-3H3,(H2,23,25,30). The molecule has 2 N–H and O–H groups in total. The smallest absolute Gasteiger partial charge is 0.187 e. The molecule has 0 spiro atoms. The predicted molar refractivity (Wildman–Crippen MR) is 123 cm³/mol. The summed E-state index contributed by atoms with van der Waals surface area (Å²) in [6, 6.07) is 13.1. The molecule has 0 aromatic heterocycles. The Hall–Kier alpha value is -3.26. The summed E-state index contributed by atoms with van der Waals surface area (Å²) >= 11 is 5.07. The zero-order chi connectivity index (χ0) is 21.6. The van der Waals surface area contributed by atoms with Crippen LogP contribution in [0.1, 0.15) is 12.0 Å². The van der Waals surface area contributed by atoms with Crippen molar-refractivity contribution in [2.24, 2.45) is 5.10 Å². The molecule has 160 valence electrons. The first kappa shape index (κ1) is 23.0. The fraction of sp³-hybridized carbons (Fsp3) is 0.273. The van der Waals surface area contributed by atoms with Crippen LogP contribution < -0.4 is 29.7 Å². The summed E-state index contributed by atoms with van der Waals surface area (Å²) in [7, 11) is 3.22. The van der Waals surface area contributed by atoms with E-state index in [-0.39, 0.29) is 0 Å². The van der Waals surface area contributed by atoms with E-state index in [2.05, 4.69) is 22.4 Å². The van der Waals surface area contributed by atoms with Gasteiger partial charge in [0, 0.05) is 13.0 Å². The second-order valence-electron chi connectivity index (χ2n) is 5.98. The Morgan fingerprint density at radius 1 is 1.00 bits per heavy atom. The topological polar surface area (TPSA) is 73.3 Å². The van der Waals surface area contributed by atoms with Crippen molar-refractivity contribution in [1.82, 2.24) is 10.7 Å². The van der Waals surface area contributed by atoms with E-state index in [0.717, 1.165) is 5.56 Å². The summed E-state index contributed by atoms with van der Waals surface area (Å²) in [5.41, 5.74) is 3.58. The molecule has 2 aromatic carbocycles. The Morgan fingerprint density at radius 2 is 1.67 bits per heavy atom. The molecule has 8 heteroatoms. The molecule has 30 heavy (non-hydrogen) atoms. The zero-order valence-corrected chi connectivity index (χ0v) is 18.0. The Kier molecular flexibility index (Phi) is 10.0. The van der Waals surface area contributed by atoms with Gasteiger partial charge >= 0.3 is 0 Å². The lowest BCUT2D eigenvalue weighted by Crippen LogP contribution is -2.31. The normalized spacial score (nSPS) is 10.3. The fourth-order valence-electron chi connectivity index (χ4n) is 2.41. The Labute approximate surface area is 182 Å². The average molecular weight is 430 g/mol. The van der Waals surface area contributed by atoms with Gasteiger partial charge in [0.25, 0.3) is 0 Å². The highest BCUT2D eigenvalue weighted by Gasteiger charge is 2.06. The van der Waals surface area contributed by atoms with Crippen molar-refractivity contribution in [3.05, 3.63) is 60.7 Å². The molecule has 7 nitrogen and oxygen atoms in total. The third kappa shape index (κ3) is 7.63. The number of methoxy groups -OCH3 is 2. The third-order valence-electron chi connectivity index (χ3n) is 3.85. The van der Waals surface area contributed by atoms with Gasteiger partial charge in [0.2, 0.25) is 0 Å². The summed E-state index contributed by atoms with van der Waals surface area (Å²) in [6.07, 6.45) is 4.07. The lowest BCUT2D eigenvalue weighted by atomic mass is 10.2. The van der Waals surface area contributed by atoms with E-state index in [0.29, 0.717) is 54.3 Å². The van der Waals surface area contributed by atoms with Crippen LogP contribution in [0.5, 0.6) is 23.0 Å². The molecular weight excluding hydrogens is 402 g/mol. The number of ether oxygens (including phenoxy) is 4. The van der Waals surface area contributed by atoms with Crippen molar-refractivity contribution < 1.29 is 18.9 Å². The fourth-order valence-corrected chi connectivity index (χ4v) is 2.55. The molecule has 0 radical (unpaired) electrons. The quantitative estimate of drug-likeness (QED) is 0.176. The highest BCUT2D eigenvalue weighted by molar-refractivity contribution is 7.80.